The van der Waals surface area contributed by atoms with Crippen LogP contribution in [0.15, 0.2) is 85.1 Å². The number of hydrogen-bond acceptors (Lipinski definition) is 8. The minimum absolute atomic E-state index is 0.00393. The molecule has 10 nitrogen and oxygen atoms in total. The van der Waals surface area contributed by atoms with Crippen LogP contribution in [0.1, 0.15) is 149 Å². The highest BCUT2D eigenvalue weighted by atomic mass is 31.2. The van der Waals surface area contributed by atoms with E-state index in [0.29, 0.717) is 36.7 Å². The Morgan fingerprint density at radius 3 is 1.75 bits per heavy atom. The molecule has 0 rings (SSSR count). The highest BCUT2D eigenvalue weighted by Crippen LogP contribution is 2.43. The molecule has 0 fully saturated rings. The number of phosphoric acid groups is 1. The lowest BCUT2D eigenvalue weighted by Crippen LogP contribution is -2.37. The van der Waals surface area contributed by atoms with Crippen molar-refractivity contribution < 1.29 is 47.2 Å². The molecule has 0 saturated heterocycles. The summed E-state index contributed by atoms with van der Waals surface area (Å²) in [5.41, 5.74) is 0. The smallest absolute Gasteiger partial charge is 0.462 e. The highest BCUT2D eigenvalue weighted by molar-refractivity contribution is 7.47. The second-order valence-corrected chi connectivity index (χ2v) is 17.4. The Labute approximate surface area is 359 Å². The van der Waals surface area contributed by atoms with E-state index in [9.17, 15) is 24.2 Å². The number of carbonyl (C=O) groups is 2. The fourth-order valence-electron chi connectivity index (χ4n) is 5.39. The topological polar surface area (TPSA) is 129 Å². The number of allylic oxidation sites excluding steroid dienone is 12. The first-order chi connectivity index (χ1) is 28.4. The third kappa shape index (κ3) is 43.1. The zero-order chi connectivity index (χ0) is 43.7. The number of esters is 2. The zero-order valence-electron chi connectivity index (χ0n) is 37.6. The van der Waals surface area contributed by atoms with E-state index in [1.54, 1.807) is 6.08 Å². The normalized spacial score (nSPS) is 14.9. The van der Waals surface area contributed by atoms with Crippen molar-refractivity contribution in [2.45, 2.75) is 161 Å². The van der Waals surface area contributed by atoms with Crippen LogP contribution >= 0.6 is 7.82 Å². The number of aliphatic hydroxyl groups is 1. The fourth-order valence-corrected chi connectivity index (χ4v) is 6.13. The molecule has 0 saturated carbocycles. The van der Waals surface area contributed by atoms with Crippen molar-refractivity contribution in [3.8, 4) is 0 Å². The number of phosphoric ester groups is 1. The van der Waals surface area contributed by atoms with Gasteiger partial charge in [0.2, 0.25) is 0 Å². The van der Waals surface area contributed by atoms with E-state index >= 15 is 0 Å². The lowest BCUT2D eigenvalue weighted by molar-refractivity contribution is -0.870. The summed E-state index contributed by atoms with van der Waals surface area (Å²) in [5, 5.41) is 10.0. The van der Waals surface area contributed by atoms with Crippen LogP contribution in [0.25, 0.3) is 0 Å². The number of aliphatic hydroxyl groups excluding tert-OH is 1. The van der Waals surface area contributed by atoms with Gasteiger partial charge in [-0.25, -0.2) is 4.57 Å². The second kappa shape index (κ2) is 39.3. The maximum absolute atomic E-state index is 12.7. The van der Waals surface area contributed by atoms with Crippen molar-refractivity contribution in [1.29, 1.82) is 0 Å². The van der Waals surface area contributed by atoms with Crippen molar-refractivity contribution in [3.05, 3.63) is 85.1 Å². The minimum Gasteiger partial charge on any atom is -0.462 e. The van der Waals surface area contributed by atoms with E-state index in [-0.39, 0.29) is 26.1 Å². The average Bonchev–Trinajstić information content (AvgIpc) is 3.18. The fraction of sp³-hybridized carbons (Fsp3) is 0.667. The summed E-state index contributed by atoms with van der Waals surface area (Å²) in [6.45, 7) is 4.16. The number of quaternary nitrogens is 1. The summed E-state index contributed by atoms with van der Waals surface area (Å²) in [6, 6.07) is 0. The van der Waals surface area contributed by atoms with Crippen LogP contribution in [0, 0.1) is 0 Å². The molecule has 0 spiro atoms. The molecule has 59 heavy (non-hydrogen) atoms. The van der Waals surface area contributed by atoms with Crippen LogP contribution in [-0.2, 0) is 32.7 Å². The van der Waals surface area contributed by atoms with Gasteiger partial charge in [-0.3, -0.25) is 18.6 Å². The van der Waals surface area contributed by atoms with Crippen LogP contribution in [0.5, 0.6) is 0 Å². The molecule has 0 aromatic rings. The largest absolute Gasteiger partial charge is 0.472 e. The van der Waals surface area contributed by atoms with Gasteiger partial charge in [0.15, 0.2) is 6.10 Å². The highest BCUT2D eigenvalue weighted by Gasteiger charge is 2.27. The van der Waals surface area contributed by atoms with Crippen LogP contribution in [0.4, 0.5) is 0 Å². The molecule has 0 aromatic carbocycles. The Bertz CT molecular complexity index is 1300. The van der Waals surface area contributed by atoms with E-state index in [0.717, 1.165) is 51.4 Å². The van der Waals surface area contributed by atoms with E-state index in [4.69, 9.17) is 18.5 Å². The van der Waals surface area contributed by atoms with Gasteiger partial charge in [-0.2, -0.15) is 0 Å². The molecule has 0 radical (unpaired) electrons. The first kappa shape index (κ1) is 56.1. The van der Waals surface area contributed by atoms with Crippen LogP contribution in [0.3, 0.4) is 0 Å². The monoisotopic (exact) mass is 849 g/mol. The van der Waals surface area contributed by atoms with Crippen molar-refractivity contribution in [1.82, 2.24) is 0 Å². The molecule has 0 aliphatic carbocycles. The van der Waals surface area contributed by atoms with Gasteiger partial charge in [-0.05, 0) is 83.5 Å². The maximum atomic E-state index is 12.7. The predicted molar refractivity (Wildman–Crippen MR) is 244 cm³/mol. The van der Waals surface area contributed by atoms with Gasteiger partial charge < -0.3 is 24.0 Å². The maximum Gasteiger partial charge on any atom is 0.472 e. The first-order valence-electron chi connectivity index (χ1n) is 22.4. The minimum atomic E-state index is -4.41. The van der Waals surface area contributed by atoms with E-state index in [2.05, 4.69) is 56.4 Å². The van der Waals surface area contributed by atoms with Gasteiger partial charge in [0.1, 0.15) is 19.8 Å². The van der Waals surface area contributed by atoms with Crippen molar-refractivity contribution in [2.75, 3.05) is 47.5 Å². The molecular weight excluding hydrogens is 766 g/mol. The molecule has 0 aliphatic rings. The number of rotatable bonds is 39. The Hall–Kier alpha value is -2.85. The molecule has 3 atom stereocenters. The van der Waals surface area contributed by atoms with Crippen LogP contribution in [-0.4, -0.2) is 86.1 Å². The molecule has 11 heteroatoms. The molecule has 1 unspecified atom stereocenters. The lowest BCUT2D eigenvalue weighted by atomic mass is 10.1. The van der Waals surface area contributed by atoms with E-state index in [1.165, 1.54) is 44.9 Å². The Balaban J connectivity index is 4.57. The number of likely N-dealkylation sites (N-methyl/N-ethyl adjacent to an activating group) is 1. The zero-order valence-corrected chi connectivity index (χ0v) is 38.5. The quantitative estimate of drug-likeness (QED) is 0.0155. The molecular formula is C48H83NO9P+. The van der Waals surface area contributed by atoms with Crippen molar-refractivity contribution >= 4 is 19.8 Å². The van der Waals surface area contributed by atoms with E-state index in [1.807, 2.05) is 57.6 Å². The number of carbonyl (C=O) groups excluding carboxylic acids is 2. The lowest BCUT2D eigenvalue weighted by Gasteiger charge is -2.24. The Morgan fingerprint density at radius 2 is 1.14 bits per heavy atom. The predicted octanol–water partition coefficient (Wildman–Crippen LogP) is 11.8. The number of unbranched alkanes of at least 4 members (excludes halogenated alkanes) is 11. The molecule has 0 amide bonds. The molecule has 0 aromatic heterocycles. The number of hydrogen-bond donors (Lipinski definition) is 2. The number of ether oxygens (including phenoxy) is 2. The van der Waals surface area contributed by atoms with Gasteiger partial charge in [0, 0.05) is 12.8 Å². The third-order valence-corrected chi connectivity index (χ3v) is 9.96. The Morgan fingerprint density at radius 1 is 0.610 bits per heavy atom. The van der Waals surface area contributed by atoms with Crippen LogP contribution < -0.4 is 0 Å². The summed E-state index contributed by atoms with van der Waals surface area (Å²) in [5.74, 6) is -0.937. The standard InChI is InChI=1S/C48H82NO9P/c1-6-8-10-12-14-15-16-17-18-19-20-21-22-23-28-32-36-40-48(52)58-46(44-57-59(53,54)56-42-41-49(3,4)5)43-55-47(51)39-35-31-27-25-24-26-30-34-38-45(50)37-33-29-13-11-9-7-2/h14-15,17-18,20-21,25-27,29-30,33-34,38,45-46,50H,6-13,16,19,22-24,28,31-32,35-37,39-44H2,1-5H3/p+1/b15-14-,18-17-,21-20-,27-25-,30-26-,33-29-,38-34+/t45-,46-/m1/s1. The SMILES string of the molecule is CCCCC/C=C\C/C=C\C/C=C\CCCCCCC(=O)O[C@H](COC(=O)CCC/C=C\C/C=C\C=C\[C@H](O)C/C=C\CCCCC)COP(=O)(O)OCC[N+](C)(C)C. The van der Waals surface area contributed by atoms with Crippen molar-refractivity contribution in [3.63, 3.8) is 0 Å². The summed E-state index contributed by atoms with van der Waals surface area (Å²) in [4.78, 5) is 35.4. The van der Waals surface area contributed by atoms with Crippen molar-refractivity contribution in [2.24, 2.45) is 0 Å². The third-order valence-electron chi connectivity index (χ3n) is 8.98. The Kier molecular flexibility index (Phi) is 37.4. The van der Waals surface area contributed by atoms with Gasteiger partial charge in [-0.15, -0.1) is 0 Å². The molecule has 2 N–H and O–H groups in total. The second-order valence-electron chi connectivity index (χ2n) is 15.9. The summed E-state index contributed by atoms with van der Waals surface area (Å²) in [6.07, 6.45) is 46.6. The van der Waals surface area contributed by atoms with Crippen LogP contribution in [0.2, 0.25) is 0 Å². The summed E-state index contributed by atoms with van der Waals surface area (Å²) >= 11 is 0. The van der Waals surface area contributed by atoms with Gasteiger partial charge in [0.25, 0.3) is 0 Å². The molecule has 0 heterocycles. The average molecular weight is 849 g/mol. The number of nitrogens with zero attached hydrogens (tertiary/aromatic N) is 1. The molecule has 338 valence electrons. The first-order valence-corrected chi connectivity index (χ1v) is 23.9. The van der Waals surface area contributed by atoms with Gasteiger partial charge in [-0.1, -0.05) is 137 Å². The summed E-state index contributed by atoms with van der Waals surface area (Å²) in [7, 11) is 1.38. The van der Waals surface area contributed by atoms with Gasteiger partial charge in [0.05, 0.1) is 33.9 Å². The summed E-state index contributed by atoms with van der Waals surface area (Å²) < 4.78 is 34.2. The van der Waals surface area contributed by atoms with Gasteiger partial charge >= 0.3 is 19.8 Å². The molecule has 0 aliphatic heterocycles. The van der Waals surface area contributed by atoms with E-state index < -0.39 is 38.6 Å². The molecule has 0 bridgehead atoms.